The second-order valence-electron chi connectivity index (χ2n) is 7.25. The zero-order chi connectivity index (χ0) is 18.7. The van der Waals surface area contributed by atoms with Gasteiger partial charge in [-0.1, -0.05) is 35.9 Å². The van der Waals surface area contributed by atoms with Crippen LogP contribution in [0.1, 0.15) is 28.7 Å². The van der Waals surface area contributed by atoms with E-state index in [1.807, 2.05) is 12.1 Å². The molecule has 1 saturated heterocycles. The predicted molar refractivity (Wildman–Crippen MR) is 109 cm³/mol. The molecule has 2 aromatic carbocycles. The van der Waals surface area contributed by atoms with Gasteiger partial charge in [0, 0.05) is 24.2 Å². The van der Waals surface area contributed by atoms with Gasteiger partial charge in [-0.15, -0.1) is 0 Å². The number of halogens is 1. The number of rotatable bonds is 3. The molecule has 138 valence electrons. The maximum Gasteiger partial charge on any atom is 0.177 e. The van der Waals surface area contributed by atoms with Crippen LogP contribution in [0.15, 0.2) is 36.4 Å². The van der Waals surface area contributed by atoms with Crippen molar-refractivity contribution in [2.45, 2.75) is 33.7 Å². The molecular formula is C21H27FN3S+. The number of anilines is 1. The highest BCUT2D eigenvalue weighted by atomic mass is 32.1. The predicted octanol–water partition coefficient (Wildman–Crippen LogP) is 3.20. The zero-order valence-corrected chi connectivity index (χ0v) is 16.5. The fraction of sp³-hybridized carbons (Fsp3) is 0.381. The number of hydrogen-bond acceptors (Lipinski definition) is 1. The molecule has 1 aliphatic heterocycles. The first kappa shape index (κ1) is 18.8. The maximum atomic E-state index is 13.9. The molecule has 0 aliphatic carbocycles. The quantitative estimate of drug-likeness (QED) is 0.808. The minimum Gasteiger partial charge on any atom is -0.332 e. The molecule has 1 heterocycles. The minimum atomic E-state index is -0.122. The molecule has 1 unspecified atom stereocenters. The fourth-order valence-corrected chi connectivity index (χ4v) is 4.00. The summed E-state index contributed by atoms with van der Waals surface area (Å²) >= 11 is 5.68. The van der Waals surface area contributed by atoms with Crippen LogP contribution in [0.4, 0.5) is 10.1 Å². The Labute approximate surface area is 160 Å². The van der Waals surface area contributed by atoms with E-state index >= 15 is 0 Å². The third-order valence-electron chi connectivity index (χ3n) is 4.97. The van der Waals surface area contributed by atoms with Crippen LogP contribution in [0.3, 0.4) is 0 Å². The van der Waals surface area contributed by atoms with E-state index in [-0.39, 0.29) is 5.82 Å². The first-order valence-corrected chi connectivity index (χ1v) is 9.55. The number of nitrogens with zero attached hydrogens (tertiary/aromatic N) is 1. The Morgan fingerprint density at radius 2 is 1.88 bits per heavy atom. The van der Waals surface area contributed by atoms with E-state index in [9.17, 15) is 4.39 Å². The van der Waals surface area contributed by atoms with Crippen LogP contribution in [0.2, 0.25) is 0 Å². The lowest BCUT2D eigenvalue weighted by molar-refractivity contribution is -0.927. The molecule has 0 saturated carbocycles. The Morgan fingerprint density at radius 3 is 2.58 bits per heavy atom. The fourth-order valence-electron chi connectivity index (χ4n) is 3.74. The van der Waals surface area contributed by atoms with Crippen molar-refractivity contribution in [2.24, 2.45) is 0 Å². The van der Waals surface area contributed by atoms with E-state index in [2.05, 4.69) is 43.1 Å². The van der Waals surface area contributed by atoms with Gasteiger partial charge >= 0.3 is 0 Å². The molecule has 3 nitrogen and oxygen atoms in total. The molecule has 0 amide bonds. The molecule has 26 heavy (non-hydrogen) atoms. The standard InChI is InChI=1S/C21H26FN3S/c1-15-11-16(2)20(17(3)12-15)23-21(26)25-10-6-9-24(14-25)13-18-7-4-5-8-19(18)22/h4-5,7-8,11-12H,6,9-10,13-14H2,1-3H3,(H,23,26)/p+1. The van der Waals surface area contributed by atoms with Crippen molar-refractivity contribution in [3.05, 3.63) is 64.5 Å². The van der Waals surface area contributed by atoms with Crippen molar-refractivity contribution in [1.29, 1.82) is 0 Å². The van der Waals surface area contributed by atoms with Gasteiger partial charge in [0.15, 0.2) is 11.8 Å². The van der Waals surface area contributed by atoms with E-state index in [0.717, 1.165) is 42.5 Å². The lowest BCUT2D eigenvalue weighted by atomic mass is 10.1. The van der Waals surface area contributed by atoms with Gasteiger partial charge in [0.05, 0.1) is 6.54 Å². The minimum absolute atomic E-state index is 0.122. The van der Waals surface area contributed by atoms with Crippen molar-refractivity contribution in [1.82, 2.24) is 4.90 Å². The van der Waals surface area contributed by atoms with Crippen molar-refractivity contribution in [3.8, 4) is 0 Å². The molecule has 1 aliphatic rings. The first-order chi connectivity index (χ1) is 12.4. The molecule has 0 aromatic heterocycles. The Morgan fingerprint density at radius 1 is 1.19 bits per heavy atom. The van der Waals surface area contributed by atoms with Gasteiger partial charge in [-0.05, 0) is 50.2 Å². The summed E-state index contributed by atoms with van der Waals surface area (Å²) in [6, 6.07) is 11.4. The number of benzene rings is 2. The summed E-state index contributed by atoms with van der Waals surface area (Å²) in [4.78, 5) is 3.54. The normalized spacial score (nSPS) is 17.2. The average Bonchev–Trinajstić information content (AvgIpc) is 2.60. The Kier molecular flexibility index (Phi) is 5.89. The monoisotopic (exact) mass is 372 g/mol. The van der Waals surface area contributed by atoms with Crippen LogP contribution in [0, 0.1) is 26.6 Å². The van der Waals surface area contributed by atoms with Crippen molar-refractivity contribution >= 4 is 23.0 Å². The van der Waals surface area contributed by atoms with E-state index in [4.69, 9.17) is 12.2 Å². The maximum absolute atomic E-state index is 13.9. The van der Waals surface area contributed by atoms with Gasteiger partial charge in [-0.2, -0.15) is 0 Å². The molecule has 5 heteroatoms. The molecule has 3 rings (SSSR count). The third-order valence-corrected chi connectivity index (χ3v) is 5.33. The summed E-state index contributed by atoms with van der Waals surface area (Å²) in [5.74, 6) is -0.122. The number of aryl methyl sites for hydroxylation is 3. The second kappa shape index (κ2) is 8.14. The number of hydrogen-bond donors (Lipinski definition) is 2. The van der Waals surface area contributed by atoms with Crippen LogP contribution in [-0.2, 0) is 6.54 Å². The molecule has 2 N–H and O–H groups in total. The van der Waals surface area contributed by atoms with E-state index < -0.39 is 0 Å². The SMILES string of the molecule is Cc1cc(C)c(NC(=S)N2CCC[NH+](Cc3ccccc3F)C2)c(C)c1. The largest absolute Gasteiger partial charge is 0.332 e. The van der Waals surface area contributed by atoms with Gasteiger partial charge < -0.3 is 15.1 Å². The smallest absolute Gasteiger partial charge is 0.177 e. The Balaban J connectivity index is 1.66. The van der Waals surface area contributed by atoms with Crippen LogP contribution in [-0.4, -0.2) is 29.8 Å². The summed E-state index contributed by atoms with van der Waals surface area (Å²) in [5.41, 5.74) is 5.54. The Bertz CT molecular complexity index is 783. The summed E-state index contributed by atoms with van der Waals surface area (Å²) in [6.07, 6.45) is 1.05. The van der Waals surface area contributed by atoms with Crippen molar-refractivity contribution in [2.75, 3.05) is 25.1 Å². The highest BCUT2D eigenvalue weighted by Gasteiger charge is 2.24. The van der Waals surface area contributed by atoms with Crippen LogP contribution in [0.25, 0.3) is 0 Å². The third kappa shape index (κ3) is 4.40. The van der Waals surface area contributed by atoms with Crippen LogP contribution in [0.5, 0.6) is 0 Å². The van der Waals surface area contributed by atoms with Crippen LogP contribution < -0.4 is 10.2 Å². The summed E-state index contributed by atoms with van der Waals surface area (Å²) in [6.45, 7) is 9.79. The van der Waals surface area contributed by atoms with Crippen LogP contribution >= 0.6 is 12.2 Å². The summed E-state index contributed by atoms with van der Waals surface area (Å²) < 4.78 is 13.9. The van der Waals surface area contributed by atoms with Crippen molar-refractivity contribution in [3.63, 3.8) is 0 Å². The second-order valence-corrected chi connectivity index (χ2v) is 7.63. The van der Waals surface area contributed by atoms with Gasteiger partial charge in [-0.25, -0.2) is 4.39 Å². The number of thiocarbonyl (C=S) groups is 1. The molecule has 0 radical (unpaired) electrons. The molecule has 2 aromatic rings. The highest BCUT2D eigenvalue weighted by Crippen LogP contribution is 2.22. The number of quaternary nitrogens is 1. The topological polar surface area (TPSA) is 19.7 Å². The Hall–Kier alpha value is -1.98. The summed E-state index contributed by atoms with van der Waals surface area (Å²) in [5, 5.41) is 4.20. The van der Waals surface area contributed by atoms with Gasteiger partial charge in [0.1, 0.15) is 12.4 Å². The van der Waals surface area contributed by atoms with Gasteiger partial charge in [0.25, 0.3) is 0 Å². The van der Waals surface area contributed by atoms with E-state index in [1.54, 1.807) is 6.07 Å². The molecule has 0 spiro atoms. The van der Waals surface area contributed by atoms with E-state index in [0.29, 0.717) is 6.54 Å². The molecule has 0 bridgehead atoms. The zero-order valence-electron chi connectivity index (χ0n) is 15.7. The number of nitrogens with one attached hydrogen (secondary N) is 2. The van der Waals surface area contributed by atoms with Gasteiger partial charge in [-0.3, -0.25) is 0 Å². The van der Waals surface area contributed by atoms with E-state index in [1.165, 1.54) is 27.7 Å². The summed E-state index contributed by atoms with van der Waals surface area (Å²) in [7, 11) is 0. The lowest BCUT2D eigenvalue weighted by Gasteiger charge is -2.34. The molecule has 1 atom stereocenters. The highest BCUT2D eigenvalue weighted by molar-refractivity contribution is 7.80. The van der Waals surface area contributed by atoms with Gasteiger partial charge in [0.2, 0.25) is 0 Å². The lowest BCUT2D eigenvalue weighted by Crippen LogP contribution is -3.13. The van der Waals surface area contributed by atoms with Crippen molar-refractivity contribution < 1.29 is 9.29 Å². The average molecular weight is 373 g/mol. The first-order valence-electron chi connectivity index (χ1n) is 9.15. The molecule has 1 fully saturated rings. The molecular weight excluding hydrogens is 345 g/mol.